The second kappa shape index (κ2) is 6.19. The lowest BCUT2D eigenvalue weighted by Crippen LogP contribution is -2.13. The molecule has 0 bridgehead atoms. The van der Waals surface area contributed by atoms with E-state index in [0.29, 0.717) is 11.4 Å². The van der Waals surface area contributed by atoms with Gasteiger partial charge in [0.05, 0.1) is 0 Å². The van der Waals surface area contributed by atoms with Crippen LogP contribution in [0.1, 0.15) is 28.4 Å². The number of benzene rings is 1. The van der Waals surface area contributed by atoms with Gasteiger partial charge in [0, 0.05) is 24.0 Å². The minimum Gasteiger partial charge on any atom is -0.370 e. The molecule has 4 heteroatoms. The summed E-state index contributed by atoms with van der Waals surface area (Å²) in [4.78, 5) is 16.4. The van der Waals surface area contributed by atoms with E-state index in [-0.39, 0.29) is 5.91 Å². The van der Waals surface area contributed by atoms with E-state index in [1.807, 2.05) is 39.0 Å². The number of anilines is 2. The molecule has 1 aromatic heterocycles. The lowest BCUT2D eigenvalue weighted by molar-refractivity contribution is 0.102. The van der Waals surface area contributed by atoms with Gasteiger partial charge in [0.1, 0.15) is 5.82 Å². The smallest absolute Gasteiger partial charge is 0.255 e. The summed E-state index contributed by atoms with van der Waals surface area (Å²) in [6, 6.07) is 9.34. The highest BCUT2D eigenvalue weighted by atomic mass is 16.1. The Balaban J connectivity index is 2.15. The molecular formula is C16H19N3O. The van der Waals surface area contributed by atoms with Crippen LogP contribution in [0, 0.1) is 13.8 Å². The molecular weight excluding hydrogens is 250 g/mol. The van der Waals surface area contributed by atoms with E-state index in [4.69, 9.17) is 0 Å². The Hall–Kier alpha value is -2.36. The van der Waals surface area contributed by atoms with Crippen LogP contribution in [0.4, 0.5) is 11.5 Å². The Morgan fingerprint density at radius 1 is 1.15 bits per heavy atom. The first kappa shape index (κ1) is 14.1. The van der Waals surface area contributed by atoms with Crippen molar-refractivity contribution in [3.8, 4) is 0 Å². The van der Waals surface area contributed by atoms with Crippen LogP contribution in [-0.4, -0.2) is 17.4 Å². The van der Waals surface area contributed by atoms with E-state index in [0.717, 1.165) is 17.8 Å². The first-order valence-corrected chi connectivity index (χ1v) is 6.68. The van der Waals surface area contributed by atoms with Crippen molar-refractivity contribution in [2.45, 2.75) is 20.8 Å². The van der Waals surface area contributed by atoms with Gasteiger partial charge in [-0.25, -0.2) is 4.98 Å². The predicted molar refractivity (Wildman–Crippen MR) is 82.3 cm³/mol. The molecule has 4 nitrogen and oxygen atoms in total. The Morgan fingerprint density at radius 3 is 2.65 bits per heavy atom. The van der Waals surface area contributed by atoms with Gasteiger partial charge in [0.25, 0.3) is 5.91 Å². The second-order valence-electron chi connectivity index (χ2n) is 4.71. The van der Waals surface area contributed by atoms with Crippen molar-refractivity contribution in [1.82, 2.24) is 4.98 Å². The van der Waals surface area contributed by atoms with Gasteiger partial charge in [-0.3, -0.25) is 4.79 Å². The molecule has 0 aliphatic carbocycles. The first-order chi connectivity index (χ1) is 9.60. The molecule has 0 saturated carbocycles. The zero-order chi connectivity index (χ0) is 14.5. The SMILES string of the molecule is CCNc1cc(C(=O)Nc2ccc(C)c(C)c2)ccn1. The average Bonchev–Trinajstić information content (AvgIpc) is 2.43. The van der Waals surface area contributed by atoms with Crippen LogP contribution >= 0.6 is 0 Å². The molecule has 0 unspecified atom stereocenters. The number of hydrogen-bond acceptors (Lipinski definition) is 3. The highest BCUT2D eigenvalue weighted by molar-refractivity contribution is 6.04. The van der Waals surface area contributed by atoms with Crippen molar-refractivity contribution in [3.63, 3.8) is 0 Å². The van der Waals surface area contributed by atoms with E-state index in [1.54, 1.807) is 18.3 Å². The maximum Gasteiger partial charge on any atom is 0.255 e. The molecule has 0 aliphatic rings. The standard InChI is InChI=1S/C16H19N3O/c1-4-17-15-10-13(7-8-18-15)16(20)19-14-6-5-11(2)12(3)9-14/h5-10H,4H2,1-3H3,(H,17,18)(H,19,20). The summed E-state index contributed by atoms with van der Waals surface area (Å²) in [5.74, 6) is 0.579. The third-order valence-electron chi connectivity index (χ3n) is 3.14. The maximum absolute atomic E-state index is 12.2. The van der Waals surface area contributed by atoms with Gasteiger partial charge in [-0.2, -0.15) is 0 Å². The molecule has 2 rings (SSSR count). The van der Waals surface area contributed by atoms with E-state index in [1.165, 1.54) is 5.56 Å². The summed E-state index contributed by atoms with van der Waals surface area (Å²) in [7, 11) is 0. The minimum absolute atomic E-state index is 0.130. The van der Waals surface area contributed by atoms with Crippen LogP contribution in [0.25, 0.3) is 0 Å². The van der Waals surface area contributed by atoms with Gasteiger partial charge in [-0.15, -0.1) is 0 Å². The number of nitrogens with one attached hydrogen (secondary N) is 2. The third-order valence-corrected chi connectivity index (χ3v) is 3.14. The lowest BCUT2D eigenvalue weighted by atomic mass is 10.1. The zero-order valence-electron chi connectivity index (χ0n) is 12.0. The fourth-order valence-electron chi connectivity index (χ4n) is 1.87. The molecule has 1 aromatic carbocycles. The summed E-state index contributed by atoms with van der Waals surface area (Å²) in [6.07, 6.45) is 1.63. The summed E-state index contributed by atoms with van der Waals surface area (Å²) >= 11 is 0. The Morgan fingerprint density at radius 2 is 1.95 bits per heavy atom. The van der Waals surface area contributed by atoms with Crippen LogP contribution in [0.5, 0.6) is 0 Å². The molecule has 104 valence electrons. The monoisotopic (exact) mass is 269 g/mol. The highest BCUT2D eigenvalue weighted by Gasteiger charge is 2.07. The normalized spacial score (nSPS) is 10.2. The molecule has 0 radical (unpaired) electrons. The van der Waals surface area contributed by atoms with Crippen LogP contribution in [0.3, 0.4) is 0 Å². The first-order valence-electron chi connectivity index (χ1n) is 6.68. The van der Waals surface area contributed by atoms with E-state index < -0.39 is 0 Å². The quantitative estimate of drug-likeness (QED) is 0.894. The number of aryl methyl sites for hydroxylation is 2. The third kappa shape index (κ3) is 3.35. The minimum atomic E-state index is -0.130. The fourth-order valence-corrected chi connectivity index (χ4v) is 1.87. The molecule has 1 heterocycles. The van der Waals surface area contributed by atoms with Crippen LogP contribution in [0.2, 0.25) is 0 Å². The predicted octanol–water partition coefficient (Wildman–Crippen LogP) is 3.38. The van der Waals surface area contributed by atoms with Crippen molar-refractivity contribution in [2.75, 3.05) is 17.2 Å². The zero-order valence-corrected chi connectivity index (χ0v) is 12.0. The van der Waals surface area contributed by atoms with Gasteiger partial charge >= 0.3 is 0 Å². The topological polar surface area (TPSA) is 54.0 Å². The lowest BCUT2D eigenvalue weighted by Gasteiger charge is -2.09. The number of hydrogen-bond donors (Lipinski definition) is 2. The van der Waals surface area contributed by atoms with E-state index >= 15 is 0 Å². The number of pyridine rings is 1. The average molecular weight is 269 g/mol. The van der Waals surface area contributed by atoms with Crippen molar-refractivity contribution in [2.24, 2.45) is 0 Å². The maximum atomic E-state index is 12.2. The summed E-state index contributed by atoms with van der Waals surface area (Å²) in [6.45, 7) is 6.84. The molecule has 0 atom stereocenters. The molecule has 1 amide bonds. The van der Waals surface area contributed by atoms with Gasteiger partial charge in [-0.1, -0.05) is 6.07 Å². The molecule has 0 saturated heterocycles. The van der Waals surface area contributed by atoms with Crippen molar-refractivity contribution in [1.29, 1.82) is 0 Å². The Kier molecular flexibility index (Phi) is 4.35. The fraction of sp³-hybridized carbons (Fsp3) is 0.250. The molecule has 0 aliphatic heterocycles. The molecule has 2 N–H and O–H groups in total. The van der Waals surface area contributed by atoms with Crippen LogP contribution in [0.15, 0.2) is 36.5 Å². The van der Waals surface area contributed by atoms with E-state index in [9.17, 15) is 4.79 Å². The number of nitrogens with zero attached hydrogens (tertiary/aromatic N) is 1. The Bertz CT molecular complexity index is 623. The number of aromatic nitrogens is 1. The van der Waals surface area contributed by atoms with Gasteiger partial charge < -0.3 is 10.6 Å². The molecule has 0 fully saturated rings. The van der Waals surface area contributed by atoms with Crippen molar-refractivity contribution < 1.29 is 4.79 Å². The number of carbonyl (C=O) groups is 1. The summed E-state index contributed by atoms with van der Waals surface area (Å²) in [5.41, 5.74) is 3.77. The van der Waals surface area contributed by atoms with Crippen molar-refractivity contribution in [3.05, 3.63) is 53.2 Å². The van der Waals surface area contributed by atoms with Crippen molar-refractivity contribution >= 4 is 17.4 Å². The number of amides is 1. The largest absolute Gasteiger partial charge is 0.370 e. The van der Waals surface area contributed by atoms with Gasteiger partial charge in [0.2, 0.25) is 0 Å². The molecule has 0 spiro atoms. The number of rotatable bonds is 4. The molecule has 2 aromatic rings. The Labute approximate surface area is 119 Å². The summed E-state index contributed by atoms with van der Waals surface area (Å²) in [5, 5.41) is 5.99. The molecule has 20 heavy (non-hydrogen) atoms. The van der Waals surface area contributed by atoms with Gasteiger partial charge in [-0.05, 0) is 56.2 Å². The van der Waals surface area contributed by atoms with E-state index in [2.05, 4.69) is 15.6 Å². The summed E-state index contributed by atoms with van der Waals surface area (Å²) < 4.78 is 0. The van der Waals surface area contributed by atoms with Crippen LogP contribution in [-0.2, 0) is 0 Å². The number of carbonyl (C=O) groups excluding carboxylic acids is 1. The second-order valence-corrected chi connectivity index (χ2v) is 4.71. The van der Waals surface area contributed by atoms with Gasteiger partial charge in [0.15, 0.2) is 0 Å². The van der Waals surface area contributed by atoms with Crippen LogP contribution < -0.4 is 10.6 Å². The highest BCUT2D eigenvalue weighted by Crippen LogP contribution is 2.16.